The van der Waals surface area contributed by atoms with E-state index in [4.69, 9.17) is 10.5 Å². The predicted octanol–water partition coefficient (Wildman–Crippen LogP) is 0.939. The van der Waals surface area contributed by atoms with Gasteiger partial charge in [0.1, 0.15) is 5.82 Å². The minimum absolute atomic E-state index is 0.272. The van der Waals surface area contributed by atoms with E-state index < -0.39 is 0 Å². The highest BCUT2D eigenvalue weighted by Gasteiger charge is 2.31. The molecule has 0 amide bonds. The number of nitrogens with one attached hydrogen (secondary N) is 1. The number of nitrogens with two attached hydrogens (primary N) is 1. The van der Waals surface area contributed by atoms with Crippen LogP contribution < -0.4 is 11.1 Å². The molecular weight excluding hydrogens is 228 g/mol. The van der Waals surface area contributed by atoms with E-state index in [1.54, 1.807) is 6.20 Å². The molecule has 0 saturated carbocycles. The highest BCUT2D eigenvalue weighted by atomic mass is 16.5. The molecule has 2 aliphatic heterocycles. The molecular formula is C13H20N4O. The lowest BCUT2D eigenvalue weighted by molar-refractivity contribution is -0.0415. The molecule has 98 valence electrons. The summed E-state index contributed by atoms with van der Waals surface area (Å²) in [6, 6.07) is 4.44. The zero-order valence-electron chi connectivity index (χ0n) is 10.5. The number of nitrogens with zero attached hydrogens (tertiary/aromatic N) is 2. The van der Waals surface area contributed by atoms with Crippen molar-refractivity contribution in [3.8, 4) is 0 Å². The van der Waals surface area contributed by atoms with Gasteiger partial charge in [-0.1, -0.05) is 0 Å². The summed E-state index contributed by atoms with van der Waals surface area (Å²) < 4.78 is 5.89. The molecule has 3 N–H and O–H groups in total. The Bertz CT molecular complexity index is 412. The van der Waals surface area contributed by atoms with Crippen LogP contribution in [-0.4, -0.2) is 48.3 Å². The van der Waals surface area contributed by atoms with Crippen molar-refractivity contribution in [3.63, 3.8) is 0 Å². The van der Waals surface area contributed by atoms with Crippen LogP contribution in [0.2, 0.25) is 0 Å². The Labute approximate surface area is 107 Å². The van der Waals surface area contributed by atoms with Crippen LogP contribution in [0.3, 0.4) is 0 Å². The molecule has 2 saturated heterocycles. The molecule has 0 spiro atoms. The number of anilines is 2. The summed E-state index contributed by atoms with van der Waals surface area (Å²) in [6.45, 7) is 3.97. The Balaban J connectivity index is 1.51. The molecule has 2 atom stereocenters. The molecule has 1 aromatic heterocycles. The summed E-state index contributed by atoms with van der Waals surface area (Å²) in [5.41, 5.74) is 6.66. The summed E-state index contributed by atoms with van der Waals surface area (Å²) in [7, 11) is 0. The van der Waals surface area contributed by atoms with Gasteiger partial charge in [0.2, 0.25) is 0 Å². The number of fused-ring (bicyclic) bond motifs is 1. The van der Waals surface area contributed by atoms with Crippen molar-refractivity contribution in [1.82, 2.24) is 9.88 Å². The van der Waals surface area contributed by atoms with Gasteiger partial charge in [-0.3, -0.25) is 4.90 Å². The van der Waals surface area contributed by atoms with Crippen LogP contribution in [0.1, 0.15) is 12.8 Å². The second-order valence-electron chi connectivity index (χ2n) is 5.10. The number of rotatable bonds is 3. The Hall–Kier alpha value is -1.33. The largest absolute Gasteiger partial charge is 0.384 e. The van der Waals surface area contributed by atoms with Gasteiger partial charge in [-0.2, -0.15) is 0 Å². The molecule has 0 bridgehead atoms. The van der Waals surface area contributed by atoms with Gasteiger partial charge >= 0.3 is 0 Å². The molecule has 2 fully saturated rings. The van der Waals surface area contributed by atoms with Crippen molar-refractivity contribution < 1.29 is 4.74 Å². The maximum atomic E-state index is 5.89. The van der Waals surface area contributed by atoms with Crippen molar-refractivity contribution in [2.24, 2.45) is 0 Å². The molecule has 2 aliphatic rings. The Morgan fingerprint density at radius 1 is 1.56 bits per heavy atom. The van der Waals surface area contributed by atoms with Crippen LogP contribution in [0.15, 0.2) is 18.3 Å². The minimum atomic E-state index is 0.272. The number of morpholine rings is 1. The zero-order chi connectivity index (χ0) is 12.4. The molecule has 0 aromatic carbocycles. The van der Waals surface area contributed by atoms with E-state index in [1.807, 2.05) is 12.1 Å². The molecule has 2 unspecified atom stereocenters. The van der Waals surface area contributed by atoms with E-state index in [0.717, 1.165) is 25.4 Å². The predicted molar refractivity (Wildman–Crippen MR) is 71.5 cm³/mol. The Morgan fingerprint density at radius 3 is 3.39 bits per heavy atom. The number of nitrogen functional groups attached to an aromatic ring is 1. The standard InChI is InChI=1S/C13H20N4O/c14-13-6-10(3-4-15-13)16-7-12-8-17-5-1-2-11(17)9-18-12/h3-4,6,11-12H,1-2,5,7-9H2,(H3,14,15,16). The number of hydrogen-bond acceptors (Lipinski definition) is 5. The van der Waals surface area contributed by atoms with Gasteiger partial charge in [0.15, 0.2) is 0 Å². The zero-order valence-corrected chi connectivity index (χ0v) is 10.5. The van der Waals surface area contributed by atoms with E-state index in [0.29, 0.717) is 11.9 Å². The van der Waals surface area contributed by atoms with Gasteiger partial charge in [0.25, 0.3) is 0 Å². The van der Waals surface area contributed by atoms with Crippen molar-refractivity contribution >= 4 is 11.5 Å². The fourth-order valence-corrected chi connectivity index (χ4v) is 2.80. The second kappa shape index (κ2) is 5.12. The number of hydrogen-bond donors (Lipinski definition) is 2. The monoisotopic (exact) mass is 248 g/mol. The first-order valence-corrected chi connectivity index (χ1v) is 6.62. The van der Waals surface area contributed by atoms with E-state index >= 15 is 0 Å². The quantitative estimate of drug-likeness (QED) is 0.833. The third-order valence-corrected chi connectivity index (χ3v) is 3.78. The van der Waals surface area contributed by atoms with E-state index in [9.17, 15) is 0 Å². The second-order valence-corrected chi connectivity index (χ2v) is 5.10. The smallest absolute Gasteiger partial charge is 0.125 e. The van der Waals surface area contributed by atoms with Gasteiger partial charge in [-0.25, -0.2) is 4.98 Å². The summed E-state index contributed by atoms with van der Waals surface area (Å²) in [6.07, 6.45) is 4.60. The number of aromatic nitrogens is 1. The summed E-state index contributed by atoms with van der Waals surface area (Å²) in [5.74, 6) is 0.546. The van der Waals surface area contributed by atoms with Gasteiger partial charge in [-0.15, -0.1) is 0 Å². The van der Waals surface area contributed by atoms with Crippen molar-refractivity contribution in [2.45, 2.75) is 25.0 Å². The van der Waals surface area contributed by atoms with Gasteiger partial charge in [0.05, 0.1) is 12.7 Å². The van der Waals surface area contributed by atoms with Crippen molar-refractivity contribution in [1.29, 1.82) is 0 Å². The summed E-state index contributed by atoms with van der Waals surface area (Å²) in [5, 5.41) is 3.36. The normalized spacial score (nSPS) is 28.0. The van der Waals surface area contributed by atoms with Gasteiger partial charge in [0, 0.05) is 37.1 Å². The first kappa shape index (κ1) is 11.7. The molecule has 18 heavy (non-hydrogen) atoms. The molecule has 0 aliphatic carbocycles. The third-order valence-electron chi connectivity index (χ3n) is 3.78. The molecule has 3 heterocycles. The molecule has 3 rings (SSSR count). The van der Waals surface area contributed by atoms with Gasteiger partial charge < -0.3 is 15.8 Å². The van der Waals surface area contributed by atoms with E-state index in [2.05, 4.69) is 15.2 Å². The molecule has 0 radical (unpaired) electrons. The lowest BCUT2D eigenvalue weighted by Gasteiger charge is -2.35. The third kappa shape index (κ3) is 2.57. The minimum Gasteiger partial charge on any atom is -0.384 e. The Kier molecular flexibility index (Phi) is 3.34. The van der Waals surface area contributed by atoms with Crippen molar-refractivity contribution in [3.05, 3.63) is 18.3 Å². The fraction of sp³-hybridized carbons (Fsp3) is 0.615. The Morgan fingerprint density at radius 2 is 2.50 bits per heavy atom. The number of ether oxygens (including phenoxy) is 1. The first-order chi connectivity index (χ1) is 8.81. The number of pyridine rings is 1. The summed E-state index contributed by atoms with van der Waals surface area (Å²) in [4.78, 5) is 6.53. The maximum Gasteiger partial charge on any atom is 0.125 e. The average molecular weight is 248 g/mol. The molecule has 1 aromatic rings. The molecule has 5 nitrogen and oxygen atoms in total. The maximum absolute atomic E-state index is 5.89. The molecule has 5 heteroatoms. The van der Waals surface area contributed by atoms with Crippen LogP contribution in [0.4, 0.5) is 11.5 Å². The summed E-state index contributed by atoms with van der Waals surface area (Å²) >= 11 is 0. The SMILES string of the molecule is Nc1cc(NCC2CN3CCCC3CO2)ccn1. The van der Waals surface area contributed by atoms with E-state index in [-0.39, 0.29) is 6.10 Å². The van der Waals surface area contributed by atoms with E-state index in [1.165, 1.54) is 19.4 Å². The fourth-order valence-electron chi connectivity index (χ4n) is 2.80. The highest BCUT2D eigenvalue weighted by Crippen LogP contribution is 2.22. The van der Waals surface area contributed by atoms with Crippen molar-refractivity contribution in [2.75, 3.05) is 37.3 Å². The van der Waals surface area contributed by atoms with Crippen LogP contribution in [0.5, 0.6) is 0 Å². The van der Waals surface area contributed by atoms with Crippen LogP contribution in [-0.2, 0) is 4.74 Å². The van der Waals surface area contributed by atoms with Gasteiger partial charge in [-0.05, 0) is 25.5 Å². The van der Waals surface area contributed by atoms with Crippen LogP contribution in [0.25, 0.3) is 0 Å². The lowest BCUT2D eigenvalue weighted by atomic mass is 10.2. The van der Waals surface area contributed by atoms with Crippen LogP contribution in [0, 0.1) is 0 Å². The highest BCUT2D eigenvalue weighted by molar-refractivity contribution is 5.49. The average Bonchev–Trinajstić information content (AvgIpc) is 2.84. The lowest BCUT2D eigenvalue weighted by Crippen LogP contribution is -2.48. The van der Waals surface area contributed by atoms with Crippen LogP contribution >= 0.6 is 0 Å². The first-order valence-electron chi connectivity index (χ1n) is 6.62. The topological polar surface area (TPSA) is 63.4 Å².